The first-order valence-electron chi connectivity index (χ1n) is 4.08. The molecule has 65 valence electrons. The number of aromatic amines is 1. The summed E-state index contributed by atoms with van der Waals surface area (Å²) in [7, 11) is 1.95. The second-order valence-electron chi connectivity index (χ2n) is 2.72. The van der Waals surface area contributed by atoms with Gasteiger partial charge in [0.25, 0.3) is 0 Å². The van der Waals surface area contributed by atoms with E-state index in [1.165, 1.54) is 0 Å². The van der Waals surface area contributed by atoms with E-state index in [0.29, 0.717) is 0 Å². The lowest BCUT2D eigenvalue weighted by molar-refractivity contribution is 1.09. The highest BCUT2D eigenvalue weighted by molar-refractivity contribution is 5.54. The van der Waals surface area contributed by atoms with Crippen molar-refractivity contribution in [3.63, 3.8) is 0 Å². The lowest BCUT2D eigenvalue weighted by atomic mass is 10.3. The van der Waals surface area contributed by atoms with Crippen LogP contribution >= 0.6 is 0 Å². The van der Waals surface area contributed by atoms with Gasteiger partial charge >= 0.3 is 0 Å². The maximum absolute atomic E-state index is 4.14. The molecule has 1 N–H and O–H groups in total. The molecular weight excluding hydrogens is 162 g/mol. The average molecular weight is 172 g/mol. The van der Waals surface area contributed by atoms with Gasteiger partial charge in [-0.1, -0.05) is 18.2 Å². The molecule has 2 rings (SSSR count). The van der Waals surface area contributed by atoms with E-state index in [0.717, 1.165) is 11.6 Å². The summed E-state index contributed by atoms with van der Waals surface area (Å²) in [6, 6.07) is 10.9. The highest BCUT2D eigenvalue weighted by Gasteiger charge is 2.03. The Hall–Kier alpha value is -1.77. The van der Waals surface area contributed by atoms with Gasteiger partial charge in [0.15, 0.2) is 0 Å². The zero-order valence-electron chi connectivity index (χ0n) is 7.36. The Morgan fingerprint density at radius 1 is 1.46 bits per heavy atom. The van der Waals surface area contributed by atoms with Gasteiger partial charge < -0.3 is 9.88 Å². The van der Waals surface area contributed by atoms with E-state index < -0.39 is 0 Å². The molecule has 2 aromatic rings. The van der Waals surface area contributed by atoms with Gasteiger partial charge in [-0.25, -0.2) is 4.98 Å². The van der Waals surface area contributed by atoms with Crippen molar-refractivity contribution in [1.29, 1.82) is 0 Å². The number of H-pyrrole nitrogens is 1. The zero-order valence-corrected chi connectivity index (χ0v) is 7.36. The van der Waals surface area contributed by atoms with Gasteiger partial charge in [0.05, 0.1) is 5.69 Å². The summed E-state index contributed by atoms with van der Waals surface area (Å²) in [5.41, 5.74) is 0.998. The molecule has 1 radical (unpaired) electrons. The Balaban J connectivity index is 2.29. The van der Waals surface area contributed by atoms with Crippen molar-refractivity contribution in [2.24, 2.45) is 0 Å². The van der Waals surface area contributed by atoms with E-state index in [1.807, 2.05) is 36.2 Å². The van der Waals surface area contributed by atoms with Gasteiger partial charge in [-0.3, -0.25) is 0 Å². The maximum Gasteiger partial charge on any atom is 0.207 e. The molecule has 13 heavy (non-hydrogen) atoms. The predicted octanol–water partition coefficient (Wildman–Crippen LogP) is 1.98. The number of para-hydroxylation sites is 1. The van der Waals surface area contributed by atoms with Gasteiger partial charge in [-0.2, -0.15) is 0 Å². The monoisotopic (exact) mass is 172 g/mol. The normalized spacial score (nSPS) is 9.92. The van der Waals surface area contributed by atoms with Crippen LogP contribution in [0.4, 0.5) is 11.6 Å². The van der Waals surface area contributed by atoms with Gasteiger partial charge in [0.1, 0.15) is 0 Å². The van der Waals surface area contributed by atoms with Crippen LogP contribution in [0.3, 0.4) is 0 Å². The van der Waals surface area contributed by atoms with Gasteiger partial charge in [0, 0.05) is 25.5 Å². The van der Waals surface area contributed by atoms with Crippen LogP contribution in [0.15, 0.2) is 36.7 Å². The standard InChI is InChI=1S/C10H10N3/c1-13(10-11-7-8-12-10)9-5-3-2-4-6-9/h2-5,7-8H,1H3,(H,11,12). The molecule has 0 aliphatic carbocycles. The van der Waals surface area contributed by atoms with E-state index in [-0.39, 0.29) is 0 Å². The fraction of sp³-hybridized carbons (Fsp3) is 0.100. The number of aromatic nitrogens is 2. The minimum Gasteiger partial charge on any atom is -0.331 e. The Bertz CT molecular complexity index is 353. The van der Waals surface area contributed by atoms with E-state index >= 15 is 0 Å². The maximum atomic E-state index is 4.14. The third-order valence-corrected chi connectivity index (χ3v) is 1.86. The van der Waals surface area contributed by atoms with E-state index in [9.17, 15) is 0 Å². The molecule has 0 unspecified atom stereocenters. The minimum absolute atomic E-state index is 0.822. The molecule has 0 saturated heterocycles. The van der Waals surface area contributed by atoms with Crippen molar-refractivity contribution in [2.75, 3.05) is 11.9 Å². The summed E-state index contributed by atoms with van der Waals surface area (Å²) in [5, 5.41) is 0. The zero-order chi connectivity index (χ0) is 9.10. The Morgan fingerprint density at radius 3 is 3.00 bits per heavy atom. The van der Waals surface area contributed by atoms with Crippen LogP contribution in [-0.4, -0.2) is 17.0 Å². The molecule has 0 fully saturated rings. The molecule has 0 aliphatic rings. The largest absolute Gasteiger partial charge is 0.331 e. The van der Waals surface area contributed by atoms with E-state index in [1.54, 1.807) is 12.4 Å². The fourth-order valence-corrected chi connectivity index (χ4v) is 1.15. The summed E-state index contributed by atoms with van der Waals surface area (Å²) in [6.45, 7) is 0. The molecule has 0 aliphatic heterocycles. The third kappa shape index (κ3) is 1.54. The Kier molecular flexibility index (Phi) is 2.00. The number of nitrogens with one attached hydrogen (secondary N) is 1. The third-order valence-electron chi connectivity index (χ3n) is 1.86. The Labute approximate surface area is 77.0 Å². The molecule has 1 aromatic carbocycles. The number of nitrogens with zero attached hydrogens (tertiary/aromatic N) is 2. The number of imidazole rings is 1. The quantitative estimate of drug-likeness (QED) is 0.751. The first kappa shape index (κ1) is 7.86. The van der Waals surface area contributed by atoms with E-state index in [4.69, 9.17) is 0 Å². The van der Waals surface area contributed by atoms with Crippen LogP contribution in [0.1, 0.15) is 0 Å². The Morgan fingerprint density at radius 2 is 2.38 bits per heavy atom. The molecule has 1 heterocycles. The first-order valence-corrected chi connectivity index (χ1v) is 4.08. The number of benzene rings is 1. The van der Waals surface area contributed by atoms with Crippen LogP contribution in [0, 0.1) is 6.07 Å². The summed E-state index contributed by atoms with van der Waals surface area (Å²) >= 11 is 0. The molecule has 3 heteroatoms. The summed E-state index contributed by atoms with van der Waals surface area (Å²) in [5.74, 6) is 0.822. The van der Waals surface area contributed by atoms with Crippen molar-refractivity contribution in [3.8, 4) is 0 Å². The topological polar surface area (TPSA) is 31.9 Å². The van der Waals surface area contributed by atoms with Crippen LogP contribution in [0.25, 0.3) is 0 Å². The van der Waals surface area contributed by atoms with Gasteiger partial charge in [0.2, 0.25) is 5.95 Å². The van der Waals surface area contributed by atoms with Crippen LogP contribution < -0.4 is 4.90 Å². The molecule has 0 atom stereocenters. The highest BCUT2D eigenvalue weighted by Crippen LogP contribution is 2.17. The number of anilines is 2. The smallest absolute Gasteiger partial charge is 0.207 e. The lowest BCUT2D eigenvalue weighted by Crippen LogP contribution is -2.10. The second kappa shape index (κ2) is 3.31. The number of hydrogen-bond donors (Lipinski definition) is 1. The predicted molar refractivity (Wildman–Crippen MR) is 51.9 cm³/mol. The van der Waals surface area contributed by atoms with Crippen molar-refractivity contribution >= 4 is 11.6 Å². The lowest BCUT2D eigenvalue weighted by Gasteiger charge is -2.14. The van der Waals surface area contributed by atoms with Crippen LogP contribution in [0.2, 0.25) is 0 Å². The molecule has 3 nitrogen and oxygen atoms in total. The molecule has 0 saturated carbocycles. The fourth-order valence-electron chi connectivity index (χ4n) is 1.15. The number of rotatable bonds is 2. The van der Waals surface area contributed by atoms with Gasteiger partial charge in [-0.15, -0.1) is 0 Å². The van der Waals surface area contributed by atoms with Crippen molar-refractivity contribution < 1.29 is 0 Å². The number of hydrogen-bond acceptors (Lipinski definition) is 2. The van der Waals surface area contributed by atoms with E-state index in [2.05, 4.69) is 16.0 Å². The summed E-state index contributed by atoms with van der Waals surface area (Å²) in [6.07, 6.45) is 3.53. The second-order valence-corrected chi connectivity index (χ2v) is 2.72. The SMILES string of the molecule is CN(c1[c]cccc1)c1ncc[nH]1. The van der Waals surface area contributed by atoms with Crippen LogP contribution in [0.5, 0.6) is 0 Å². The van der Waals surface area contributed by atoms with Crippen molar-refractivity contribution in [1.82, 2.24) is 9.97 Å². The molecule has 0 spiro atoms. The molecule has 0 bridgehead atoms. The molecule has 1 aromatic heterocycles. The molecular formula is C10H10N3. The first-order chi connectivity index (χ1) is 6.38. The van der Waals surface area contributed by atoms with Gasteiger partial charge in [-0.05, 0) is 6.07 Å². The summed E-state index contributed by atoms with van der Waals surface area (Å²) in [4.78, 5) is 9.12. The van der Waals surface area contributed by atoms with Crippen molar-refractivity contribution in [2.45, 2.75) is 0 Å². The summed E-state index contributed by atoms with van der Waals surface area (Å²) < 4.78 is 0. The minimum atomic E-state index is 0.822. The highest BCUT2D eigenvalue weighted by atomic mass is 15.2. The van der Waals surface area contributed by atoms with Crippen molar-refractivity contribution in [3.05, 3.63) is 42.7 Å². The average Bonchev–Trinajstić information content (AvgIpc) is 2.71. The van der Waals surface area contributed by atoms with Crippen LogP contribution in [-0.2, 0) is 0 Å². The molecule has 0 amide bonds.